The predicted molar refractivity (Wildman–Crippen MR) is 58.4 cm³/mol. The Morgan fingerprint density at radius 1 is 1.35 bits per heavy atom. The van der Waals surface area contributed by atoms with E-state index in [2.05, 4.69) is 25.5 Å². The number of aromatic nitrogens is 4. The topological polar surface area (TPSA) is 79.6 Å². The van der Waals surface area contributed by atoms with Crippen molar-refractivity contribution in [2.45, 2.75) is 6.92 Å². The molecular weight excluding hydrogens is 225 g/mol. The number of aromatic amines is 1. The lowest BCUT2D eigenvalue weighted by atomic mass is 10.3. The Balaban J connectivity index is 1.98. The molecule has 1 aromatic carbocycles. The fourth-order valence-corrected chi connectivity index (χ4v) is 1.47. The van der Waals surface area contributed by atoms with Crippen LogP contribution in [0.2, 0.25) is 0 Å². The molecule has 0 radical (unpaired) electrons. The number of hydrogen-bond acceptors (Lipinski definition) is 5. The Morgan fingerprint density at radius 3 is 2.94 bits per heavy atom. The summed E-state index contributed by atoms with van der Waals surface area (Å²) in [6.07, 6.45) is 0. The minimum absolute atomic E-state index is 0.168. The van der Waals surface area contributed by atoms with Crippen molar-refractivity contribution in [3.63, 3.8) is 0 Å². The molecule has 0 atom stereocenters. The molecule has 0 bridgehead atoms. The van der Waals surface area contributed by atoms with Crippen LogP contribution in [0.15, 0.2) is 22.6 Å². The summed E-state index contributed by atoms with van der Waals surface area (Å²) in [4.78, 5) is 6.83. The summed E-state index contributed by atoms with van der Waals surface area (Å²) in [5.41, 5.74) is 0.565. The molecule has 3 rings (SSSR count). The maximum absolute atomic E-state index is 13.4. The highest BCUT2D eigenvalue weighted by Gasteiger charge is 2.10. The highest BCUT2D eigenvalue weighted by atomic mass is 19.1. The van der Waals surface area contributed by atoms with Crippen LogP contribution >= 0.6 is 0 Å². The van der Waals surface area contributed by atoms with Crippen LogP contribution in [0.5, 0.6) is 0 Å². The van der Waals surface area contributed by atoms with Gasteiger partial charge >= 0.3 is 6.01 Å². The Kier molecular flexibility index (Phi) is 2.04. The highest BCUT2D eigenvalue weighted by Crippen LogP contribution is 2.22. The first-order chi connectivity index (χ1) is 8.22. The molecule has 0 aliphatic heterocycles. The van der Waals surface area contributed by atoms with E-state index in [1.54, 1.807) is 19.1 Å². The van der Waals surface area contributed by atoms with E-state index in [1.165, 1.54) is 6.07 Å². The maximum atomic E-state index is 13.4. The van der Waals surface area contributed by atoms with Gasteiger partial charge in [-0.2, -0.15) is 4.98 Å². The van der Waals surface area contributed by atoms with Crippen molar-refractivity contribution < 1.29 is 8.81 Å². The van der Waals surface area contributed by atoms with Crippen LogP contribution < -0.4 is 5.32 Å². The number of halogens is 1. The molecule has 0 saturated heterocycles. The number of fused-ring (bicyclic) bond motifs is 1. The number of rotatable bonds is 2. The van der Waals surface area contributed by atoms with Crippen molar-refractivity contribution >= 4 is 23.1 Å². The summed E-state index contributed by atoms with van der Waals surface area (Å²) < 4.78 is 18.7. The zero-order chi connectivity index (χ0) is 11.8. The van der Waals surface area contributed by atoms with E-state index in [1.807, 2.05) is 0 Å². The summed E-state index contributed by atoms with van der Waals surface area (Å²) in [7, 11) is 0. The number of nitrogens with zero attached hydrogens (tertiary/aromatic N) is 3. The lowest BCUT2D eigenvalue weighted by Gasteiger charge is -1.92. The molecule has 0 amide bonds. The molecule has 0 spiro atoms. The summed E-state index contributed by atoms with van der Waals surface area (Å²) in [5.74, 6) is 0.636. The van der Waals surface area contributed by atoms with Gasteiger partial charge in [0.2, 0.25) is 5.95 Å². The third-order valence-corrected chi connectivity index (χ3v) is 2.19. The van der Waals surface area contributed by atoms with Gasteiger partial charge < -0.3 is 9.40 Å². The summed E-state index contributed by atoms with van der Waals surface area (Å²) in [6.45, 7) is 1.77. The Hall–Kier alpha value is -2.44. The van der Waals surface area contributed by atoms with Gasteiger partial charge in [-0.15, -0.1) is 10.2 Å². The van der Waals surface area contributed by atoms with Gasteiger partial charge in [0.05, 0.1) is 0 Å². The first kappa shape index (κ1) is 9.76. The van der Waals surface area contributed by atoms with Crippen LogP contribution in [0.3, 0.4) is 0 Å². The van der Waals surface area contributed by atoms with E-state index in [0.717, 1.165) is 0 Å². The number of nitrogens with one attached hydrogen (secondary N) is 2. The second-order valence-electron chi connectivity index (χ2n) is 3.49. The largest absolute Gasteiger partial charge is 0.423 e. The van der Waals surface area contributed by atoms with Crippen LogP contribution in [0.25, 0.3) is 11.1 Å². The molecule has 0 saturated carbocycles. The van der Waals surface area contributed by atoms with Crippen LogP contribution in [0.4, 0.5) is 16.4 Å². The van der Waals surface area contributed by atoms with E-state index in [-0.39, 0.29) is 11.5 Å². The first-order valence-electron chi connectivity index (χ1n) is 4.94. The van der Waals surface area contributed by atoms with Crippen molar-refractivity contribution in [3.8, 4) is 0 Å². The van der Waals surface area contributed by atoms with Crippen LogP contribution in [-0.4, -0.2) is 20.2 Å². The van der Waals surface area contributed by atoms with Crippen LogP contribution in [0, 0.1) is 12.7 Å². The van der Waals surface area contributed by atoms with Crippen molar-refractivity contribution in [1.29, 1.82) is 0 Å². The normalized spacial score (nSPS) is 10.9. The number of benzene rings is 1. The molecule has 7 heteroatoms. The average Bonchev–Trinajstić information content (AvgIpc) is 2.86. The number of H-pyrrole nitrogens is 1. The van der Waals surface area contributed by atoms with E-state index in [4.69, 9.17) is 4.42 Å². The third-order valence-electron chi connectivity index (χ3n) is 2.19. The average molecular weight is 233 g/mol. The van der Waals surface area contributed by atoms with Gasteiger partial charge in [-0.3, -0.25) is 5.32 Å². The number of hydrogen-bond donors (Lipinski definition) is 2. The Labute approximate surface area is 94.9 Å². The lowest BCUT2D eigenvalue weighted by molar-refractivity contribution is 0.618. The highest BCUT2D eigenvalue weighted by molar-refractivity contribution is 5.75. The van der Waals surface area contributed by atoms with Gasteiger partial charge in [-0.25, -0.2) is 4.39 Å². The first-order valence-corrected chi connectivity index (χ1v) is 4.94. The zero-order valence-electron chi connectivity index (χ0n) is 8.86. The molecular formula is C10H8FN5O. The van der Waals surface area contributed by atoms with E-state index in [9.17, 15) is 4.39 Å². The maximum Gasteiger partial charge on any atom is 0.302 e. The van der Waals surface area contributed by atoms with Gasteiger partial charge in [0.1, 0.15) is 11.3 Å². The zero-order valence-corrected chi connectivity index (χ0v) is 8.86. The van der Waals surface area contributed by atoms with Crippen molar-refractivity contribution in [2.24, 2.45) is 0 Å². The minimum Gasteiger partial charge on any atom is -0.423 e. The molecule has 0 aliphatic carbocycles. The second-order valence-corrected chi connectivity index (χ2v) is 3.49. The molecule has 17 heavy (non-hydrogen) atoms. The molecule has 2 aromatic heterocycles. The van der Waals surface area contributed by atoms with Gasteiger partial charge in [-0.05, 0) is 19.1 Å². The SMILES string of the molecule is Cc1nnc(Nc2nc3c(F)cccc3o2)[nH]1. The number of para-hydroxylation sites is 1. The molecule has 0 unspecified atom stereocenters. The van der Waals surface area contributed by atoms with Crippen molar-refractivity contribution in [1.82, 2.24) is 20.2 Å². The van der Waals surface area contributed by atoms with E-state index in [0.29, 0.717) is 17.4 Å². The third kappa shape index (κ3) is 1.71. The van der Waals surface area contributed by atoms with Gasteiger partial charge in [0.25, 0.3) is 0 Å². The van der Waals surface area contributed by atoms with Gasteiger partial charge in [-0.1, -0.05) is 6.07 Å². The number of oxazole rings is 1. The number of anilines is 2. The fraction of sp³-hybridized carbons (Fsp3) is 0.100. The summed E-state index contributed by atoms with van der Waals surface area (Å²) in [5, 5.41) is 10.3. The van der Waals surface area contributed by atoms with Gasteiger partial charge in [0.15, 0.2) is 11.4 Å². The fourth-order valence-electron chi connectivity index (χ4n) is 1.47. The summed E-state index contributed by atoms with van der Waals surface area (Å²) in [6, 6.07) is 4.70. The molecule has 86 valence electrons. The monoisotopic (exact) mass is 233 g/mol. The van der Waals surface area contributed by atoms with Crippen LogP contribution in [-0.2, 0) is 0 Å². The molecule has 0 fully saturated rings. The van der Waals surface area contributed by atoms with E-state index < -0.39 is 5.82 Å². The number of aryl methyl sites for hydroxylation is 1. The van der Waals surface area contributed by atoms with Gasteiger partial charge in [0, 0.05) is 0 Å². The van der Waals surface area contributed by atoms with E-state index >= 15 is 0 Å². The molecule has 2 N–H and O–H groups in total. The lowest BCUT2D eigenvalue weighted by Crippen LogP contribution is -1.92. The minimum atomic E-state index is -0.423. The quantitative estimate of drug-likeness (QED) is 0.708. The molecule has 3 aromatic rings. The van der Waals surface area contributed by atoms with Crippen molar-refractivity contribution in [3.05, 3.63) is 29.8 Å². The summed E-state index contributed by atoms with van der Waals surface area (Å²) >= 11 is 0. The smallest absolute Gasteiger partial charge is 0.302 e. The second kappa shape index (κ2) is 3.55. The Bertz CT molecular complexity index is 674. The van der Waals surface area contributed by atoms with Crippen LogP contribution in [0.1, 0.15) is 5.82 Å². The Morgan fingerprint density at radius 2 is 2.24 bits per heavy atom. The molecule has 2 heterocycles. The van der Waals surface area contributed by atoms with Crippen molar-refractivity contribution in [2.75, 3.05) is 5.32 Å². The molecule has 6 nitrogen and oxygen atoms in total. The predicted octanol–water partition coefficient (Wildman–Crippen LogP) is 2.14. The molecule has 0 aliphatic rings. The standard InChI is InChI=1S/C10H8FN5O/c1-5-12-9(16-15-5)14-10-13-8-6(11)3-2-4-7(8)17-10/h2-4H,1H3,(H2,12,13,14,15,16).